The van der Waals surface area contributed by atoms with Gasteiger partial charge in [-0.2, -0.15) is 11.8 Å². The van der Waals surface area contributed by atoms with E-state index in [2.05, 4.69) is 4.98 Å². The van der Waals surface area contributed by atoms with Crippen LogP contribution in [0.3, 0.4) is 0 Å². The standard InChI is InChI=1S/C16H23NO2S/c1-10-15(12(3)18)11(2)17-16(10)14(19)9-20-13-7-5-4-6-8-13/h13,17H,4-9H2,1-3H3. The number of hydrogen-bond acceptors (Lipinski definition) is 3. The van der Waals surface area contributed by atoms with E-state index < -0.39 is 0 Å². The van der Waals surface area contributed by atoms with Crippen molar-refractivity contribution in [2.45, 2.75) is 58.1 Å². The third-order valence-corrected chi connectivity index (χ3v) is 5.44. The first kappa shape index (κ1) is 15.4. The highest BCUT2D eigenvalue weighted by Gasteiger charge is 2.21. The number of aromatic amines is 1. The summed E-state index contributed by atoms with van der Waals surface area (Å²) < 4.78 is 0. The van der Waals surface area contributed by atoms with Crippen molar-refractivity contribution in [1.29, 1.82) is 0 Å². The van der Waals surface area contributed by atoms with Gasteiger partial charge >= 0.3 is 0 Å². The Morgan fingerprint density at radius 2 is 1.85 bits per heavy atom. The van der Waals surface area contributed by atoms with Crippen molar-refractivity contribution in [1.82, 2.24) is 4.98 Å². The van der Waals surface area contributed by atoms with E-state index in [1.54, 1.807) is 18.7 Å². The van der Waals surface area contributed by atoms with Crippen LogP contribution in [0.2, 0.25) is 0 Å². The van der Waals surface area contributed by atoms with Crippen molar-refractivity contribution in [2.24, 2.45) is 0 Å². The molecule has 0 bridgehead atoms. The number of carbonyl (C=O) groups excluding carboxylic acids is 2. The van der Waals surface area contributed by atoms with E-state index in [0.29, 0.717) is 22.3 Å². The normalized spacial score (nSPS) is 16.4. The first-order chi connectivity index (χ1) is 9.50. The first-order valence-corrected chi connectivity index (χ1v) is 8.40. The molecular weight excluding hydrogens is 270 g/mol. The second-order valence-corrected chi connectivity index (χ2v) is 6.96. The van der Waals surface area contributed by atoms with Gasteiger partial charge in [-0.05, 0) is 39.2 Å². The highest BCUT2D eigenvalue weighted by atomic mass is 32.2. The maximum atomic E-state index is 12.3. The van der Waals surface area contributed by atoms with Crippen molar-refractivity contribution >= 4 is 23.3 Å². The third-order valence-electron chi connectivity index (χ3n) is 4.07. The van der Waals surface area contributed by atoms with E-state index in [1.165, 1.54) is 32.1 Å². The Morgan fingerprint density at radius 1 is 1.20 bits per heavy atom. The molecule has 1 aliphatic rings. The van der Waals surface area contributed by atoms with Gasteiger partial charge in [0.05, 0.1) is 11.4 Å². The fourth-order valence-electron chi connectivity index (χ4n) is 3.05. The Balaban J connectivity index is 2.02. The third kappa shape index (κ3) is 3.35. The van der Waals surface area contributed by atoms with Gasteiger partial charge in [-0.1, -0.05) is 19.3 Å². The monoisotopic (exact) mass is 293 g/mol. The molecule has 0 saturated heterocycles. The smallest absolute Gasteiger partial charge is 0.189 e. The van der Waals surface area contributed by atoms with Crippen LogP contribution >= 0.6 is 11.8 Å². The lowest BCUT2D eigenvalue weighted by Gasteiger charge is -2.20. The Labute approximate surface area is 124 Å². The lowest BCUT2D eigenvalue weighted by Crippen LogP contribution is -2.13. The minimum Gasteiger partial charge on any atom is -0.355 e. The van der Waals surface area contributed by atoms with Gasteiger partial charge in [0.25, 0.3) is 0 Å². The summed E-state index contributed by atoms with van der Waals surface area (Å²) in [5.74, 6) is 0.659. The summed E-state index contributed by atoms with van der Waals surface area (Å²) in [5.41, 5.74) is 2.91. The molecule has 3 nitrogen and oxygen atoms in total. The van der Waals surface area contributed by atoms with Gasteiger partial charge in [-0.25, -0.2) is 0 Å². The number of rotatable bonds is 5. The highest BCUT2D eigenvalue weighted by Crippen LogP contribution is 2.29. The predicted molar refractivity (Wildman–Crippen MR) is 83.9 cm³/mol. The largest absolute Gasteiger partial charge is 0.355 e. The van der Waals surface area contributed by atoms with Gasteiger partial charge in [-0.3, -0.25) is 9.59 Å². The summed E-state index contributed by atoms with van der Waals surface area (Å²) in [4.78, 5) is 27.0. The van der Waals surface area contributed by atoms with E-state index in [-0.39, 0.29) is 11.6 Å². The van der Waals surface area contributed by atoms with Crippen molar-refractivity contribution < 1.29 is 9.59 Å². The predicted octanol–water partition coefficient (Wildman–Crippen LogP) is 4.08. The summed E-state index contributed by atoms with van der Waals surface area (Å²) >= 11 is 1.78. The summed E-state index contributed by atoms with van der Waals surface area (Å²) in [6.07, 6.45) is 6.39. The number of H-pyrrole nitrogens is 1. The summed E-state index contributed by atoms with van der Waals surface area (Å²) in [6, 6.07) is 0. The van der Waals surface area contributed by atoms with Crippen LogP contribution in [0.15, 0.2) is 0 Å². The molecule has 1 aromatic rings. The minimum absolute atomic E-state index is 0.0234. The number of Topliss-reactive ketones (excluding diaryl/α,β-unsaturated/α-hetero) is 2. The maximum absolute atomic E-state index is 12.3. The summed E-state index contributed by atoms with van der Waals surface area (Å²) in [5, 5.41) is 0.636. The Kier molecular flexibility index (Phi) is 5.08. The molecule has 0 spiro atoms. The maximum Gasteiger partial charge on any atom is 0.189 e. The number of thioether (sulfide) groups is 1. The molecule has 0 amide bonds. The molecule has 110 valence electrons. The highest BCUT2D eigenvalue weighted by molar-refractivity contribution is 8.00. The van der Waals surface area contributed by atoms with Crippen LogP contribution in [-0.2, 0) is 0 Å². The zero-order valence-electron chi connectivity index (χ0n) is 12.5. The van der Waals surface area contributed by atoms with Crippen molar-refractivity contribution in [3.05, 3.63) is 22.5 Å². The van der Waals surface area contributed by atoms with Crippen LogP contribution in [-0.4, -0.2) is 27.6 Å². The van der Waals surface area contributed by atoms with Crippen LogP contribution in [0.5, 0.6) is 0 Å². The second-order valence-electron chi connectivity index (χ2n) is 5.68. The van der Waals surface area contributed by atoms with Gasteiger partial charge in [0.2, 0.25) is 0 Å². The quantitative estimate of drug-likeness (QED) is 0.832. The lowest BCUT2D eigenvalue weighted by molar-refractivity contribution is 0.101. The average molecular weight is 293 g/mol. The molecule has 1 fully saturated rings. The molecule has 2 rings (SSSR count). The van der Waals surface area contributed by atoms with Crippen molar-refractivity contribution in [3.8, 4) is 0 Å². The fourth-order valence-corrected chi connectivity index (χ4v) is 4.25. The van der Waals surface area contributed by atoms with Crippen LogP contribution in [0.4, 0.5) is 0 Å². The number of aromatic nitrogens is 1. The second kappa shape index (κ2) is 6.61. The number of aryl methyl sites for hydroxylation is 1. The number of nitrogens with one attached hydrogen (secondary N) is 1. The van der Waals surface area contributed by atoms with Crippen molar-refractivity contribution in [3.63, 3.8) is 0 Å². The summed E-state index contributed by atoms with van der Waals surface area (Å²) in [7, 11) is 0. The number of ketones is 2. The van der Waals surface area contributed by atoms with Crippen LogP contribution in [0.25, 0.3) is 0 Å². The van der Waals surface area contributed by atoms with Crippen molar-refractivity contribution in [2.75, 3.05) is 5.75 Å². The topological polar surface area (TPSA) is 49.9 Å². The molecule has 0 aliphatic heterocycles. The molecule has 20 heavy (non-hydrogen) atoms. The van der Waals surface area contributed by atoms with Gasteiger partial charge in [0, 0.05) is 16.5 Å². The molecule has 0 radical (unpaired) electrons. The summed E-state index contributed by atoms with van der Waals surface area (Å²) in [6.45, 7) is 5.27. The zero-order chi connectivity index (χ0) is 14.7. The molecular formula is C16H23NO2S. The SMILES string of the molecule is CC(=O)c1c(C)[nH]c(C(=O)CSC2CCCCC2)c1C. The molecule has 1 aromatic heterocycles. The molecule has 0 unspecified atom stereocenters. The lowest BCUT2D eigenvalue weighted by atomic mass is 10.0. The molecule has 0 atom stereocenters. The van der Waals surface area contributed by atoms with Gasteiger partial charge in [-0.15, -0.1) is 0 Å². The average Bonchev–Trinajstić information content (AvgIpc) is 2.72. The van der Waals surface area contributed by atoms with Crippen LogP contribution in [0.1, 0.15) is 71.1 Å². The molecule has 1 heterocycles. The molecule has 1 aliphatic carbocycles. The zero-order valence-corrected chi connectivity index (χ0v) is 13.4. The fraction of sp³-hybridized carbons (Fsp3) is 0.625. The van der Waals surface area contributed by atoms with Gasteiger partial charge < -0.3 is 4.98 Å². The molecule has 1 saturated carbocycles. The number of hydrogen-bond donors (Lipinski definition) is 1. The molecule has 1 N–H and O–H groups in total. The van der Waals surface area contributed by atoms with E-state index in [0.717, 1.165) is 11.3 Å². The van der Waals surface area contributed by atoms with E-state index in [4.69, 9.17) is 0 Å². The molecule has 0 aromatic carbocycles. The Morgan fingerprint density at radius 3 is 2.40 bits per heavy atom. The van der Waals surface area contributed by atoms with E-state index in [1.807, 2.05) is 13.8 Å². The van der Waals surface area contributed by atoms with Gasteiger partial charge in [0.1, 0.15) is 0 Å². The van der Waals surface area contributed by atoms with Gasteiger partial charge in [0.15, 0.2) is 11.6 Å². The van der Waals surface area contributed by atoms with Crippen LogP contribution < -0.4 is 0 Å². The first-order valence-electron chi connectivity index (χ1n) is 7.35. The minimum atomic E-state index is 0.0234. The Hall–Kier alpha value is -1.03. The van der Waals surface area contributed by atoms with E-state index >= 15 is 0 Å². The van der Waals surface area contributed by atoms with Crippen LogP contribution in [0, 0.1) is 13.8 Å². The number of carbonyl (C=O) groups is 2. The van der Waals surface area contributed by atoms with E-state index in [9.17, 15) is 9.59 Å². The molecule has 4 heteroatoms. The Bertz CT molecular complexity index is 513.